The zero-order valence-corrected chi connectivity index (χ0v) is 10.3. The minimum atomic E-state index is -0.883. The normalized spacial score (nSPS) is 12.7. The van der Waals surface area contributed by atoms with Crippen LogP contribution in [0.4, 0.5) is 0 Å². The van der Waals surface area contributed by atoms with E-state index in [1.165, 1.54) is 0 Å². The third-order valence-electron chi connectivity index (χ3n) is 3.05. The van der Waals surface area contributed by atoms with E-state index >= 15 is 0 Å². The van der Waals surface area contributed by atoms with Gasteiger partial charge in [-0.1, -0.05) is 0 Å². The largest absolute Gasteiger partial charge is 0.481 e. The Morgan fingerprint density at radius 3 is 3.00 bits per heavy atom. The van der Waals surface area contributed by atoms with E-state index in [4.69, 9.17) is 14.6 Å². The van der Waals surface area contributed by atoms with Gasteiger partial charge in [-0.25, -0.2) is 0 Å². The van der Waals surface area contributed by atoms with Crippen LogP contribution in [0.3, 0.4) is 0 Å². The van der Waals surface area contributed by atoms with Crippen molar-refractivity contribution in [3.05, 3.63) is 29.5 Å². The Kier molecular flexibility index (Phi) is 2.63. The van der Waals surface area contributed by atoms with E-state index in [2.05, 4.69) is 10.2 Å². The Labute approximate surface area is 109 Å². The summed E-state index contributed by atoms with van der Waals surface area (Å²) in [5.41, 5.74) is 2.89. The maximum atomic E-state index is 10.9. The highest BCUT2D eigenvalue weighted by Crippen LogP contribution is 2.36. The molecule has 0 atom stereocenters. The second-order valence-electron chi connectivity index (χ2n) is 4.31. The molecule has 0 fully saturated rings. The number of H-pyrrole nitrogens is 1. The van der Waals surface area contributed by atoms with Gasteiger partial charge in [-0.15, -0.1) is 0 Å². The first kappa shape index (κ1) is 11.6. The molecule has 0 saturated carbocycles. The van der Waals surface area contributed by atoms with Crippen LogP contribution in [-0.4, -0.2) is 28.1 Å². The molecule has 0 unspecified atom stereocenters. The molecule has 0 radical (unpaired) electrons. The molecular weight excluding hydrogens is 248 g/mol. The van der Waals surface area contributed by atoms with E-state index in [-0.39, 0.29) is 13.2 Å². The number of carbonyl (C=O) groups is 1. The molecule has 1 aromatic heterocycles. The standard InChI is InChI=1S/C13H12N2O4/c1-7-9(5-12(16)17)13(15-14-7)8-2-3-10-11(4-8)19-6-18-10/h2-4H,5-6H2,1H3,(H,14,15)(H,16,17). The zero-order chi connectivity index (χ0) is 13.4. The summed E-state index contributed by atoms with van der Waals surface area (Å²) in [6.45, 7) is 2.02. The highest BCUT2D eigenvalue weighted by molar-refractivity contribution is 5.76. The summed E-state index contributed by atoms with van der Waals surface area (Å²) in [5.74, 6) is 0.460. The Morgan fingerprint density at radius 1 is 1.42 bits per heavy atom. The van der Waals surface area contributed by atoms with Crippen LogP contribution in [0, 0.1) is 6.92 Å². The monoisotopic (exact) mass is 260 g/mol. The fraction of sp³-hybridized carbons (Fsp3) is 0.231. The van der Waals surface area contributed by atoms with Crippen LogP contribution >= 0.6 is 0 Å². The molecule has 0 aliphatic carbocycles. The molecule has 0 bridgehead atoms. The number of fused-ring (bicyclic) bond motifs is 1. The lowest BCUT2D eigenvalue weighted by Gasteiger charge is -2.03. The van der Waals surface area contributed by atoms with E-state index in [9.17, 15) is 4.79 Å². The van der Waals surface area contributed by atoms with E-state index in [0.717, 1.165) is 11.3 Å². The maximum absolute atomic E-state index is 10.9. The van der Waals surface area contributed by atoms with E-state index in [0.29, 0.717) is 22.8 Å². The Morgan fingerprint density at radius 2 is 2.21 bits per heavy atom. The summed E-state index contributed by atoms with van der Waals surface area (Å²) in [6, 6.07) is 5.45. The van der Waals surface area contributed by atoms with Crippen molar-refractivity contribution < 1.29 is 19.4 Å². The van der Waals surface area contributed by atoms with Crippen molar-refractivity contribution in [2.24, 2.45) is 0 Å². The molecule has 2 aromatic rings. The maximum Gasteiger partial charge on any atom is 0.307 e. The lowest BCUT2D eigenvalue weighted by Crippen LogP contribution is -2.02. The first-order chi connectivity index (χ1) is 9.15. The molecule has 1 aromatic carbocycles. The van der Waals surface area contributed by atoms with Gasteiger partial charge in [0.25, 0.3) is 0 Å². The van der Waals surface area contributed by atoms with E-state index in [1.54, 1.807) is 6.07 Å². The second kappa shape index (κ2) is 4.31. The molecule has 2 N–H and O–H groups in total. The van der Waals surface area contributed by atoms with Crippen LogP contribution in [0.15, 0.2) is 18.2 Å². The molecule has 0 amide bonds. The number of ether oxygens (including phenoxy) is 2. The molecule has 19 heavy (non-hydrogen) atoms. The number of carboxylic acids is 1. The van der Waals surface area contributed by atoms with Crippen molar-refractivity contribution in [2.75, 3.05) is 6.79 Å². The highest BCUT2D eigenvalue weighted by Gasteiger charge is 2.19. The number of carboxylic acid groups (broad SMARTS) is 1. The first-order valence-electron chi connectivity index (χ1n) is 5.81. The molecule has 1 aliphatic rings. The highest BCUT2D eigenvalue weighted by atomic mass is 16.7. The zero-order valence-electron chi connectivity index (χ0n) is 10.3. The fourth-order valence-corrected chi connectivity index (χ4v) is 2.10. The number of aromatic amines is 1. The minimum absolute atomic E-state index is 0.0634. The predicted molar refractivity (Wildman–Crippen MR) is 66.2 cm³/mol. The van der Waals surface area contributed by atoms with Crippen molar-refractivity contribution in [2.45, 2.75) is 13.3 Å². The number of aromatic nitrogens is 2. The molecule has 3 rings (SSSR count). The van der Waals surface area contributed by atoms with Crippen molar-refractivity contribution in [1.82, 2.24) is 10.2 Å². The number of hydrogen-bond donors (Lipinski definition) is 2. The quantitative estimate of drug-likeness (QED) is 0.878. The number of nitrogens with one attached hydrogen (secondary N) is 1. The van der Waals surface area contributed by atoms with Crippen LogP contribution in [-0.2, 0) is 11.2 Å². The van der Waals surface area contributed by atoms with Gasteiger partial charge in [-0.05, 0) is 25.1 Å². The molecule has 1 aliphatic heterocycles. The SMILES string of the molecule is Cc1[nH]nc(-c2ccc3c(c2)OCO3)c1CC(=O)O. The van der Waals surface area contributed by atoms with Gasteiger partial charge in [0.2, 0.25) is 6.79 Å². The lowest BCUT2D eigenvalue weighted by molar-refractivity contribution is -0.136. The Bertz CT molecular complexity index is 648. The fourth-order valence-electron chi connectivity index (χ4n) is 2.10. The minimum Gasteiger partial charge on any atom is -0.481 e. The van der Waals surface area contributed by atoms with Gasteiger partial charge in [0.15, 0.2) is 11.5 Å². The Balaban J connectivity index is 2.04. The Hall–Kier alpha value is -2.50. The summed E-state index contributed by atoms with van der Waals surface area (Å²) in [6.07, 6.45) is -0.0634. The second-order valence-corrected chi connectivity index (χ2v) is 4.31. The van der Waals surface area contributed by atoms with Gasteiger partial charge in [-0.3, -0.25) is 9.89 Å². The van der Waals surface area contributed by atoms with E-state index < -0.39 is 5.97 Å². The molecule has 98 valence electrons. The smallest absolute Gasteiger partial charge is 0.307 e. The third kappa shape index (κ3) is 2.01. The van der Waals surface area contributed by atoms with Crippen LogP contribution in [0.2, 0.25) is 0 Å². The number of nitrogens with zero attached hydrogens (tertiary/aromatic N) is 1. The molecular formula is C13H12N2O4. The molecule has 0 saturated heterocycles. The van der Waals surface area contributed by atoms with Crippen LogP contribution in [0.1, 0.15) is 11.3 Å². The predicted octanol–water partition coefficient (Wildman–Crippen LogP) is 1.74. The summed E-state index contributed by atoms with van der Waals surface area (Å²) < 4.78 is 10.6. The van der Waals surface area contributed by atoms with Crippen LogP contribution < -0.4 is 9.47 Å². The van der Waals surface area contributed by atoms with Crippen molar-refractivity contribution >= 4 is 5.97 Å². The van der Waals surface area contributed by atoms with E-state index in [1.807, 2.05) is 19.1 Å². The van der Waals surface area contributed by atoms with Crippen LogP contribution in [0.25, 0.3) is 11.3 Å². The number of benzene rings is 1. The number of aliphatic carboxylic acids is 1. The molecule has 6 heteroatoms. The first-order valence-corrected chi connectivity index (χ1v) is 5.81. The van der Waals surface area contributed by atoms with Crippen molar-refractivity contribution in [1.29, 1.82) is 0 Å². The van der Waals surface area contributed by atoms with Gasteiger partial charge in [0.1, 0.15) is 0 Å². The summed E-state index contributed by atoms with van der Waals surface area (Å²) in [5, 5.41) is 16.0. The number of hydrogen-bond acceptors (Lipinski definition) is 4. The summed E-state index contributed by atoms with van der Waals surface area (Å²) in [4.78, 5) is 10.9. The van der Waals surface area contributed by atoms with Gasteiger partial charge in [0.05, 0.1) is 12.1 Å². The van der Waals surface area contributed by atoms with Gasteiger partial charge in [0, 0.05) is 16.8 Å². The van der Waals surface area contributed by atoms with Gasteiger partial charge >= 0.3 is 5.97 Å². The van der Waals surface area contributed by atoms with Crippen molar-refractivity contribution in [3.8, 4) is 22.8 Å². The molecule has 6 nitrogen and oxygen atoms in total. The lowest BCUT2D eigenvalue weighted by atomic mass is 10.0. The number of rotatable bonds is 3. The topological polar surface area (TPSA) is 84.4 Å². The van der Waals surface area contributed by atoms with Crippen LogP contribution in [0.5, 0.6) is 11.5 Å². The molecule has 0 spiro atoms. The molecule has 2 heterocycles. The third-order valence-corrected chi connectivity index (χ3v) is 3.05. The average Bonchev–Trinajstić information content (AvgIpc) is 2.96. The van der Waals surface area contributed by atoms with Gasteiger partial charge < -0.3 is 14.6 Å². The summed E-state index contributed by atoms with van der Waals surface area (Å²) in [7, 11) is 0. The summed E-state index contributed by atoms with van der Waals surface area (Å²) >= 11 is 0. The number of aryl methyl sites for hydroxylation is 1. The average molecular weight is 260 g/mol. The van der Waals surface area contributed by atoms with Crippen molar-refractivity contribution in [3.63, 3.8) is 0 Å². The van der Waals surface area contributed by atoms with Gasteiger partial charge in [-0.2, -0.15) is 5.10 Å².